The normalized spacial score (nSPS) is 22.3. The van der Waals surface area contributed by atoms with Crippen LogP contribution in [0, 0.1) is 0 Å². The molecule has 2 heterocycles. The lowest BCUT2D eigenvalue weighted by Gasteiger charge is -2.33. The zero-order valence-electron chi connectivity index (χ0n) is 14.3. The molecule has 1 aromatic carbocycles. The molecule has 0 unspecified atom stereocenters. The molecule has 2 aliphatic rings. The van der Waals surface area contributed by atoms with Crippen LogP contribution < -0.4 is 15.4 Å². The highest BCUT2D eigenvalue weighted by molar-refractivity contribution is 5.91. The molecule has 1 atom stereocenters. The number of nitrogens with one attached hydrogen (secondary N) is 2. The quantitative estimate of drug-likeness (QED) is 0.869. The van der Waals surface area contributed by atoms with E-state index in [0.717, 1.165) is 39.1 Å². The van der Waals surface area contributed by atoms with Crippen molar-refractivity contribution in [2.45, 2.75) is 37.8 Å². The Bertz CT molecular complexity index is 538. The van der Waals surface area contributed by atoms with Crippen LogP contribution >= 0.6 is 0 Å². The smallest absolute Gasteiger partial charge is 0.319 e. The van der Waals surface area contributed by atoms with E-state index in [-0.39, 0.29) is 12.1 Å². The number of anilines is 1. The van der Waals surface area contributed by atoms with Crippen LogP contribution in [0.2, 0.25) is 0 Å². The number of methoxy groups -OCH3 is 1. The van der Waals surface area contributed by atoms with Gasteiger partial charge < -0.3 is 25.0 Å². The molecule has 2 saturated heterocycles. The number of benzene rings is 1. The third-order valence-electron chi connectivity index (χ3n) is 4.76. The number of hydrogen-bond acceptors (Lipinski definition) is 4. The molecule has 1 aromatic rings. The van der Waals surface area contributed by atoms with Crippen molar-refractivity contribution < 1.29 is 14.3 Å². The molecule has 2 aliphatic heterocycles. The summed E-state index contributed by atoms with van der Waals surface area (Å²) < 4.78 is 11.0. The van der Waals surface area contributed by atoms with Crippen LogP contribution in [-0.2, 0) is 4.74 Å². The molecule has 0 bridgehead atoms. The van der Waals surface area contributed by atoms with Crippen LogP contribution in [0.4, 0.5) is 10.5 Å². The molecule has 0 saturated carbocycles. The van der Waals surface area contributed by atoms with Gasteiger partial charge in [0.15, 0.2) is 0 Å². The molecule has 2 amide bonds. The Morgan fingerprint density at radius 2 is 2.08 bits per heavy atom. The van der Waals surface area contributed by atoms with E-state index in [1.54, 1.807) is 7.11 Å². The van der Waals surface area contributed by atoms with Gasteiger partial charge >= 0.3 is 6.03 Å². The number of ether oxygens (including phenoxy) is 2. The number of urea groups is 1. The van der Waals surface area contributed by atoms with Crippen molar-refractivity contribution in [3.05, 3.63) is 24.3 Å². The summed E-state index contributed by atoms with van der Waals surface area (Å²) >= 11 is 0. The van der Waals surface area contributed by atoms with Gasteiger partial charge in [-0.05, 0) is 37.8 Å². The molecule has 0 spiro atoms. The van der Waals surface area contributed by atoms with Crippen molar-refractivity contribution in [1.29, 1.82) is 0 Å². The summed E-state index contributed by atoms with van der Waals surface area (Å²) in [5.41, 5.74) is 0.688. The Balaban J connectivity index is 1.41. The molecule has 24 heavy (non-hydrogen) atoms. The Morgan fingerprint density at radius 3 is 2.79 bits per heavy atom. The molecule has 2 fully saturated rings. The topological polar surface area (TPSA) is 62.8 Å². The summed E-state index contributed by atoms with van der Waals surface area (Å²) in [4.78, 5) is 14.6. The molecule has 0 radical (unpaired) electrons. The minimum absolute atomic E-state index is 0.169. The number of amides is 2. The SMILES string of the molecule is COc1ccccc1NC(=O)NC1CCN(C[C@@H]2CCCO2)CC1. The van der Waals surface area contributed by atoms with E-state index in [1.807, 2.05) is 24.3 Å². The van der Waals surface area contributed by atoms with E-state index in [9.17, 15) is 4.79 Å². The fraction of sp³-hybridized carbons (Fsp3) is 0.611. The number of para-hydroxylation sites is 2. The lowest BCUT2D eigenvalue weighted by molar-refractivity contribution is 0.0633. The van der Waals surface area contributed by atoms with E-state index in [0.29, 0.717) is 17.5 Å². The molecule has 0 aromatic heterocycles. The Kier molecular flexibility index (Phi) is 5.93. The zero-order chi connectivity index (χ0) is 16.8. The fourth-order valence-electron chi connectivity index (χ4n) is 3.43. The second-order valence-electron chi connectivity index (χ2n) is 6.51. The summed E-state index contributed by atoms with van der Waals surface area (Å²) in [5.74, 6) is 0.666. The summed E-state index contributed by atoms with van der Waals surface area (Å²) in [6, 6.07) is 7.48. The maximum Gasteiger partial charge on any atom is 0.319 e. The average molecular weight is 333 g/mol. The number of likely N-dealkylation sites (tertiary alicyclic amines) is 1. The van der Waals surface area contributed by atoms with Gasteiger partial charge in [0.25, 0.3) is 0 Å². The predicted molar refractivity (Wildman–Crippen MR) is 93.6 cm³/mol. The lowest BCUT2D eigenvalue weighted by atomic mass is 10.0. The molecule has 3 rings (SSSR count). The summed E-state index contributed by atoms with van der Waals surface area (Å²) in [6.07, 6.45) is 4.73. The first kappa shape index (κ1) is 17.0. The largest absolute Gasteiger partial charge is 0.495 e. The van der Waals surface area contributed by atoms with Crippen LogP contribution in [0.15, 0.2) is 24.3 Å². The summed E-state index contributed by atoms with van der Waals surface area (Å²) in [6.45, 7) is 3.96. The third-order valence-corrected chi connectivity index (χ3v) is 4.76. The second-order valence-corrected chi connectivity index (χ2v) is 6.51. The Hall–Kier alpha value is -1.79. The molecule has 0 aliphatic carbocycles. The van der Waals surface area contributed by atoms with Gasteiger partial charge in [-0.1, -0.05) is 12.1 Å². The third kappa shape index (κ3) is 4.61. The zero-order valence-corrected chi connectivity index (χ0v) is 14.3. The summed E-state index contributed by atoms with van der Waals surface area (Å²) in [7, 11) is 1.60. The first-order chi connectivity index (χ1) is 11.7. The van der Waals surface area contributed by atoms with Gasteiger partial charge in [0.2, 0.25) is 0 Å². The second kappa shape index (κ2) is 8.35. The van der Waals surface area contributed by atoms with Crippen LogP contribution in [0.1, 0.15) is 25.7 Å². The van der Waals surface area contributed by atoms with Crippen molar-refractivity contribution in [1.82, 2.24) is 10.2 Å². The molecular weight excluding hydrogens is 306 g/mol. The number of nitrogens with zero attached hydrogens (tertiary/aromatic N) is 1. The number of piperidine rings is 1. The van der Waals surface area contributed by atoms with Crippen molar-refractivity contribution >= 4 is 11.7 Å². The molecule has 6 nitrogen and oxygen atoms in total. The lowest BCUT2D eigenvalue weighted by Crippen LogP contribution is -2.47. The standard InChI is InChI=1S/C18H27N3O3/c1-23-17-7-3-2-6-16(17)20-18(22)19-14-8-10-21(11-9-14)13-15-5-4-12-24-15/h2-3,6-7,14-15H,4-5,8-13H2,1H3,(H2,19,20,22)/t15-/m0/s1. The highest BCUT2D eigenvalue weighted by Gasteiger charge is 2.24. The molecule has 6 heteroatoms. The van der Waals surface area contributed by atoms with Gasteiger partial charge in [-0.15, -0.1) is 0 Å². The maximum absolute atomic E-state index is 12.2. The predicted octanol–water partition coefficient (Wildman–Crippen LogP) is 2.46. The molecule has 2 N–H and O–H groups in total. The molecular formula is C18H27N3O3. The van der Waals surface area contributed by atoms with E-state index in [1.165, 1.54) is 12.8 Å². The van der Waals surface area contributed by atoms with E-state index >= 15 is 0 Å². The Labute approximate surface area is 143 Å². The number of carbonyl (C=O) groups excluding carboxylic acids is 1. The van der Waals surface area contributed by atoms with Gasteiger partial charge in [0.05, 0.1) is 18.9 Å². The summed E-state index contributed by atoms with van der Waals surface area (Å²) in [5, 5.41) is 5.94. The van der Waals surface area contributed by atoms with Crippen molar-refractivity contribution in [3.63, 3.8) is 0 Å². The van der Waals surface area contributed by atoms with Crippen LogP contribution in [0.5, 0.6) is 5.75 Å². The minimum atomic E-state index is -0.169. The van der Waals surface area contributed by atoms with Gasteiger partial charge in [-0.25, -0.2) is 4.79 Å². The van der Waals surface area contributed by atoms with Gasteiger partial charge in [-0.2, -0.15) is 0 Å². The number of rotatable bonds is 5. The highest BCUT2D eigenvalue weighted by Crippen LogP contribution is 2.23. The monoisotopic (exact) mass is 333 g/mol. The van der Waals surface area contributed by atoms with Crippen molar-refractivity contribution in [2.24, 2.45) is 0 Å². The van der Waals surface area contributed by atoms with Gasteiger partial charge in [0, 0.05) is 32.3 Å². The Morgan fingerprint density at radius 1 is 1.29 bits per heavy atom. The van der Waals surface area contributed by atoms with Gasteiger partial charge in [0.1, 0.15) is 5.75 Å². The van der Waals surface area contributed by atoms with Gasteiger partial charge in [-0.3, -0.25) is 0 Å². The fourth-order valence-corrected chi connectivity index (χ4v) is 3.43. The molecule has 132 valence electrons. The van der Waals surface area contributed by atoms with E-state index < -0.39 is 0 Å². The van der Waals surface area contributed by atoms with E-state index in [4.69, 9.17) is 9.47 Å². The minimum Gasteiger partial charge on any atom is -0.495 e. The number of hydrogen-bond donors (Lipinski definition) is 2. The van der Waals surface area contributed by atoms with E-state index in [2.05, 4.69) is 15.5 Å². The van der Waals surface area contributed by atoms with Crippen LogP contribution in [0.25, 0.3) is 0 Å². The van der Waals surface area contributed by atoms with Crippen molar-refractivity contribution in [3.8, 4) is 5.75 Å². The van der Waals surface area contributed by atoms with Crippen LogP contribution in [-0.4, -0.2) is 56.4 Å². The first-order valence-electron chi connectivity index (χ1n) is 8.79. The maximum atomic E-state index is 12.2. The van der Waals surface area contributed by atoms with Crippen LogP contribution in [0.3, 0.4) is 0 Å². The number of carbonyl (C=O) groups is 1. The highest BCUT2D eigenvalue weighted by atomic mass is 16.5. The van der Waals surface area contributed by atoms with Crippen molar-refractivity contribution in [2.75, 3.05) is 38.7 Å². The average Bonchev–Trinajstić information content (AvgIpc) is 3.10. The first-order valence-corrected chi connectivity index (χ1v) is 8.79.